The fraction of sp³-hybridized carbons (Fsp3) is 0.682. The lowest BCUT2D eigenvalue weighted by molar-refractivity contribution is -0.00395. The van der Waals surface area contributed by atoms with Gasteiger partial charge in [0, 0.05) is 55.8 Å². The van der Waals surface area contributed by atoms with Crippen LogP contribution in [0.4, 0.5) is 4.79 Å². The Hall–Kier alpha value is -1.11. The third kappa shape index (κ3) is 5.94. The molecule has 2 fully saturated rings. The second-order valence-corrected chi connectivity index (χ2v) is 10.1. The van der Waals surface area contributed by atoms with Crippen molar-refractivity contribution in [3.8, 4) is 0 Å². The van der Waals surface area contributed by atoms with Gasteiger partial charge in [-0.05, 0) is 58.2 Å². The van der Waals surface area contributed by atoms with Crippen molar-refractivity contribution < 1.29 is 9.53 Å². The monoisotopic (exact) mass is 451 g/mol. The first-order valence-corrected chi connectivity index (χ1v) is 11.2. The van der Waals surface area contributed by atoms with Gasteiger partial charge < -0.3 is 9.64 Å². The number of piperidine rings is 1. The molecular weight excluding hydrogens is 418 g/mol. The first-order chi connectivity index (χ1) is 13.2. The summed E-state index contributed by atoms with van der Waals surface area (Å²) < 4.78 is 6.70. The number of ether oxygens (including phenoxy) is 1. The molecule has 2 saturated heterocycles. The maximum atomic E-state index is 12.4. The summed E-state index contributed by atoms with van der Waals surface area (Å²) in [6.45, 7) is 14.2. The van der Waals surface area contributed by atoms with Gasteiger partial charge in [-0.25, -0.2) is 4.79 Å². The molecule has 1 amide bonds. The van der Waals surface area contributed by atoms with Gasteiger partial charge >= 0.3 is 6.09 Å². The van der Waals surface area contributed by atoms with Crippen LogP contribution >= 0.6 is 15.9 Å². The van der Waals surface area contributed by atoms with E-state index in [1.165, 1.54) is 5.56 Å². The lowest BCUT2D eigenvalue weighted by Crippen LogP contribution is -2.56. The third-order valence-electron chi connectivity index (χ3n) is 5.72. The second-order valence-electron chi connectivity index (χ2n) is 9.14. The number of halogens is 1. The lowest BCUT2D eigenvalue weighted by Gasteiger charge is -2.45. The van der Waals surface area contributed by atoms with Gasteiger partial charge in [0.15, 0.2) is 0 Å². The van der Waals surface area contributed by atoms with Crippen LogP contribution in [-0.4, -0.2) is 71.2 Å². The van der Waals surface area contributed by atoms with E-state index in [4.69, 9.17) is 4.74 Å². The molecule has 0 N–H and O–H groups in total. The topological polar surface area (TPSA) is 36.0 Å². The van der Waals surface area contributed by atoms with Crippen LogP contribution < -0.4 is 0 Å². The zero-order valence-corrected chi connectivity index (χ0v) is 19.2. The molecule has 2 aliphatic rings. The minimum absolute atomic E-state index is 0.169. The summed E-state index contributed by atoms with van der Waals surface area (Å²) in [5.74, 6) is 0. The Kier molecular flexibility index (Phi) is 7.05. The van der Waals surface area contributed by atoms with Crippen molar-refractivity contribution in [3.63, 3.8) is 0 Å². The van der Waals surface area contributed by atoms with Crippen molar-refractivity contribution in [1.82, 2.24) is 14.7 Å². The summed E-state index contributed by atoms with van der Waals surface area (Å²) in [6, 6.07) is 9.43. The number of hydrogen-bond donors (Lipinski definition) is 0. The van der Waals surface area contributed by atoms with Crippen LogP contribution in [0, 0.1) is 0 Å². The van der Waals surface area contributed by atoms with E-state index in [0.717, 1.165) is 56.6 Å². The van der Waals surface area contributed by atoms with E-state index in [1.807, 2.05) is 25.7 Å². The average molecular weight is 452 g/mol. The van der Waals surface area contributed by atoms with Crippen LogP contribution in [0.3, 0.4) is 0 Å². The molecule has 0 bridgehead atoms. The molecule has 6 heteroatoms. The molecule has 0 spiro atoms. The highest BCUT2D eigenvalue weighted by atomic mass is 79.9. The Morgan fingerprint density at radius 2 is 1.75 bits per heavy atom. The van der Waals surface area contributed by atoms with Gasteiger partial charge in [0.2, 0.25) is 0 Å². The van der Waals surface area contributed by atoms with E-state index < -0.39 is 5.60 Å². The van der Waals surface area contributed by atoms with Crippen molar-refractivity contribution in [2.45, 2.75) is 64.8 Å². The highest BCUT2D eigenvalue weighted by molar-refractivity contribution is 9.10. The number of carbonyl (C=O) groups is 1. The zero-order chi connectivity index (χ0) is 20.3. The van der Waals surface area contributed by atoms with Crippen LogP contribution in [0.1, 0.15) is 46.1 Å². The molecule has 2 unspecified atom stereocenters. The molecule has 5 nitrogen and oxygen atoms in total. The number of rotatable bonds is 3. The Labute approximate surface area is 178 Å². The Morgan fingerprint density at radius 1 is 1.11 bits per heavy atom. The van der Waals surface area contributed by atoms with Crippen molar-refractivity contribution in [2.75, 3.05) is 32.7 Å². The Morgan fingerprint density at radius 3 is 2.32 bits per heavy atom. The molecule has 156 valence electrons. The number of benzene rings is 1. The van der Waals surface area contributed by atoms with E-state index >= 15 is 0 Å². The van der Waals surface area contributed by atoms with Crippen LogP contribution in [0.25, 0.3) is 0 Å². The standard InChI is InChI=1S/C22H34BrN3O2/c1-17-15-20(9-10-26(17)21(27)28-22(2,3)4)25-13-11-24(12-14-25)16-18-5-7-19(23)8-6-18/h5-8,17,20H,9-16H2,1-4H3. The lowest BCUT2D eigenvalue weighted by atomic mass is 9.96. The first-order valence-electron chi connectivity index (χ1n) is 10.4. The second kappa shape index (κ2) is 9.14. The summed E-state index contributed by atoms with van der Waals surface area (Å²) in [4.78, 5) is 19.5. The molecule has 0 saturated carbocycles. The molecule has 1 aromatic carbocycles. The fourth-order valence-corrected chi connectivity index (χ4v) is 4.47. The molecule has 1 aromatic rings. The summed E-state index contributed by atoms with van der Waals surface area (Å²) in [7, 11) is 0. The van der Waals surface area contributed by atoms with Gasteiger partial charge in [0.25, 0.3) is 0 Å². The molecule has 0 radical (unpaired) electrons. The largest absolute Gasteiger partial charge is 0.444 e. The van der Waals surface area contributed by atoms with Crippen molar-refractivity contribution in [1.29, 1.82) is 0 Å². The van der Waals surface area contributed by atoms with E-state index in [1.54, 1.807) is 0 Å². The zero-order valence-electron chi connectivity index (χ0n) is 17.7. The minimum atomic E-state index is -0.432. The molecule has 0 aliphatic carbocycles. The van der Waals surface area contributed by atoms with Gasteiger partial charge in [-0.1, -0.05) is 28.1 Å². The maximum Gasteiger partial charge on any atom is 0.410 e. The van der Waals surface area contributed by atoms with Crippen LogP contribution in [-0.2, 0) is 11.3 Å². The minimum Gasteiger partial charge on any atom is -0.444 e. The molecule has 3 rings (SSSR count). The predicted molar refractivity (Wildman–Crippen MR) is 116 cm³/mol. The van der Waals surface area contributed by atoms with E-state index in [0.29, 0.717) is 6.04 Å². The molecule has 2 aliphatic heterocycles. The SMILES string of the molecule is CC1CC(N2CCN(Cc3ccc(Br)cc3)CC2)CCN1C(=O)OC(C)(C)C. The molecule has 2 atom stereocenters. The average Bonchev–Trinajstić information content (AvgIpc) is 2.62. The van der Waals surface area contributed by atoms with E-state index in [2.05, 4.69) is 56.9 Å². The number of hydrogen-bond acceptors (Lipinski definition) is 4. The quantitative estimate of drug-likeness (QED) is 0.683. The number of amides is 1. The van der Waals surface area contributed by atoms with Gasteiger partial charge in [0.1, 0.15) is 5.60 Å². The number of likely N-dealkylation sites (tertiary alicyclic amines) is 1. The number of piperazine rings is 1. The Bertz CT molecular complexity index is 651. The van der Waals surface area contributed by atoms with Gasteiger partial charge in [-0.3, -0.25) is 9.80 Å². The van der Waals surface area contributed by atoms with Gasteiger partial charge in [-0.15, -0.1) is 0 Å². The van der Waals surface area contributed by atoms with E-state index in [-0.39, 0.29) is 12.1 Å². The Balaban J connectivity index is 1.45. The first kappa shape index (κ1) is 21.6. The molecular formula is C22H34BrN3O2. The highest BCUT2D eigenvalue weighted by Gasteiger charge is 2.34. The van der Waals surface area contributed by atoms with Crippen LogP contribution in [0.2, 0.25) is 0 Å². The van der Waals surface area contributed by atoms with Gasteiger partial charge in [-0.2, -0.15) is 0 Å². The van der Waals surface area contributed by atoms with Crippen LogP contribution in [0.15, 0.2) is 28.7 Å². The summed E-state index contributed by atoms with van der Waals surface area (Å²) in [6.07, 6.45) is 1.90. The summed E-state index contributed by atoms with van der Waals surface area (Å²) in [5.41, 5.74) is 0.940. The van der Waals surface area contributed by atoms with Gasteiger partial charge in [0.05, 0.1) is 0 Å². The van der Waals surface area contributed by atoms with E-state index in [9.17, 15) is 4.79 Å². The van der Waals surface area contributed by atoms with Crippen LogP contribution in [0.5, 0.6) is 0 Å². The summed E-state index contributed by atoms with van der Waals surface area (Å²) in [5, 5.41) is 0. The third-order valence-corrected chi connectivity index (χ3v) is 6.25. The smallest absolute Gasteiger partial charge is 0.410 e. The fourth-order valence-electron chi connectivity index (χ4n) is 4.21. The molecule has 0 aromatic heterocycles. The number of nitrogens with zero attached hydrogens (tertiary/aromatic N) is 3. The normalized spacial score (nSPS) is 25.0. The van der Waals surface area contributed by atoms with Crippen molar-refractivity contribution in [3.05, 3.63) is 34.3 Å². The molecule has 2 heterocycles. The highest BCUT2D eigenvalue weighted by Crippen LogP contribution is 2.25. The molecule has 28 heavy (non-hydrogen) atoms. The van der Waals surface area contributed by atoms with Crippen molar-refractivity contribution >= 4 is 22.0 Å². The number of carbonyl (C=O) groups excluding carboxylic acids is 1. The predicted octanol–water partition coefficient (Wildman–Crippen LogP) is 4.35. The van der Waals surface area contributed by atoms with Crippen molar-refractivity contribution in [2.24, 2.45) is 0 Å². The summed E-state index contributed by atoms with van der Waals surface area (Å²) >= 11 is 3.50. The maximum absolute atomic E-state index is 12.4.